The largest absolute Gasteiger partial charge is 0.399 e. The second kappa shape index (κ2) is 5.78. The van der Waals surface area contributed by atoms with E-state index in [1.165, 1.54) is 5.56 Å². The zero-order valence-electron chi connectivity index (χ0n) is 12.2. The number of nitrogen functional groups attached to an aromatic ring is 1. The van der Waals surface area contributed by atoms with Gasteiger partial charge in [-0.3, -0.25) is 4.79 Å². The number of carbonyl (C=O) groups excluding carboxylic acids is 1. The standard InChI is InChI=1S/C17H20N2O/c1-12-4-7-15(10-13(12)2)17(20)19(3)11-14-5-8-16(18)9-6-14/h4-10H,11,18H2,1-3H3. The monoisotopic (exact) mass is 268 g/mol. The second-order valence-electron chi connectivity index (χ2n) is 5.20. The van der Waals surface area contributed by atoms with Crippen LogP contribution >= 0.6 is 0 Å². The van der Waals surface area contributed by atoms with Crippen LogP contribution < -0.4 is 5.73 Å². The molecule has 2 aromatic carbocycles. The van der Waals surface area contributed by atoms with E-state index in [0.29, 0.717) is 6.54 Å². The molecule has 2 rings (SSSR count). The molecule has 0 fully saturated rings. The topological polar surface area (TPSA) is 46.3 Å². The quantitative estimate of drug-likeness (QED) is 0.869. The van der Waals surface area contributed by atoms with Crippen LogP contribution in [0.25, 0.3) is 0 Å². The molecule has 0 spiro atoms. The molecule has 0 bridgehead atoms. The van der Waals surface area contributed by atoms with Gasteiger partial charge in [-0.1, -0.05) is 18.2 Å². The third-order valence-corrected chi connectivity index (χ3v) is 3.50. The minimum atomic E-state index is 0.0323. The fraction of sp³-hybridized carbons (Fsp3) is 0.235. The van der Waals surface area contributed by atoms with Crippen molar-refractivity contribution in [3.8, 4) is 0 Å². The van der Waals surface area contributed by atoms with Gasteiger partial charge in [0, 0.05) is 24.8 Å². The van der Waals surface area contributed by atoms with Crippen LogP contribution in [0.2, 0.25) is 0 Å². The maximum absolute atomic E-state index is 12.4. The highest BCUT2D eigenvalue weighted by molar-refractivity contribution is 5.94. The normalized spacial score (nSPS) is 10.3. The molecule has 0 aliphatic rings. The van der Waals surface area contributed by atoms with Crippen LogP contribution in [0.5, 0.6) is 0 Å². The Bertz CT molecular complexity index is 617. The maximum atomic E-state index is 12.4. The highest BCUT2D eigenvalue weighted by Crippen LogP contribution is 2.14. The van der Waals surface area contributed by atoms with E-state index in [2.05, 4.69) is 0 Å². The number of amides is 1. The highest BCUT2D eigenvalue weighted by Gasteiger charge is 2.12. The molecule has 0 unspecified atom stereocenters. The van der Waals surface area contributed by atoms with E-state index in [0.717, 1.165) is 22.4 Å². The summed E-state index contributed by atoms with van der Waals surface area (Å²) in [7, 11) is 1.81. The predicted molar refractivity (Wildman–Crippen MR) is 82.6 cm³/mol. The van der Waals surface area contributed by atoms with Gasteiger partial charge in [-0.25, -0.2) is 0 Å². The molecule has 0 aliphatic heterocycles. The van der Waals surface area contributed by atoms with Crippen LogP contribution in [0.1, 0.15) is 27.0 Å². The molecule has 0 heterocycles. The van der Waals surface area contributed by atoms with Crippen molar-refractivity contribution in [1.29, 1.82) is 0 Å². The minimum Gasteiger partial charge on any atom is -0.399 e. The summed E-state index contributed by atoms with van der Waals surface area (Å²) in [6.45, 7) is 4.64. The number of carbonyl (C=O) groups is 1. The van der Waals surface area contributed by atoms with E-state index in [1.807, 2.05) is 63.4 Å². The third-order valence-electron chi connectivity index (χ3n) is 3.50. The Morgan fingerprint density at radius 1 is 1.05 bits per heavy atom. The van der Waals surface area contributed by atoms with Gasteiger partial charge < -0.3 is 10.6 Å². The lowest BCUT2D eigenvalue weighted by Crippen LogP contribution is -2.26. The van der Waals surface area contributed by atoms with Gasteiger partial charge in [0.05, 0.1) is 0 Å². The Hall–Kier alpha value is -2.29. The lowest BCUT2D eigenvalue weighted by Gasteiger charge is -2.18. The summed E-state index contributed by atoms with van der Waals surface area (Å²) >= 11 is 0. The van der Waals surface area contributed by atoms with Gasteiger partial charge >= 0.3 is 0 Å². The zero-order valence-corrected chi connectivity index (χ0v) is 12.2. The Morgan fingerprint density at radius 3 is 2.30 bits per heavy atom. The van der Waals surface area contributed by atoms with Crippen LogP contribution in [0.3, 0.4) is 0 Å². The molecule has 3 nitrogen and oxygen atoms in total. The fourth-order valence-corrected chi connectivity index (χ4v) is 2.06. The Morgan fingerprint density at radius 2 is 1.70 bits per heavy atom. The first-order chi connectivity index (χ1) is 9.47. The van der Waals surface area contributed by atoms with Crippen molar-refractivity contribution >= 4 is 11.6 Å². The van der Waals surface area contributed by atoms with E-state index in [4.69, 9.17) is 5.73 Å². The number of benzene rings is 2. The van der Waals surface area contributed by atoms with Gasteiger partial charge in [0.15, 0.2) is 0 Å². The van der Waals surface area contributed by atoms with E-state index in [9.17, 15) is 4.79 Å². The van der Waals surface area contributed by atoms with Gasteiger partial charge in [0.2, 0.25) is 0 Å². The number of hydrogen-bond donors (Lipinski definition) is 1. The van der Waals surface area contributed by atoms with Crippen molar-refractivity contribution in [3.05, 3.63) is 64.7 Å². The summed E-state index contributed by atoms with van der Waals surface area (Å²) in [5.41, 5.74) is 10.5. The van der Waals surface area contributed by atoms with Gasteiger partial charge in [0.1, 0.15) is 0 Å². The molecule has 0 saturated heterocycles. The highest BCUT2D eigenvalue weighted by atomic mass is 16.2. The lowest BCUT2D eigenvalue weighted by molar-refractivity contribution is 0.0785. The number of anilines is 1. The predicted octanol–water partition coefficient (Wildman–Crippen LogP) is 3.16. The van der Waals surface area contributed by atoms with Crippen LogP contribution in [-0.2, 0) is 6.54 Å². The maximum Gasteiger partial charge on any atom is 0.253 e. The van der Waals surface area contributed by atoms with Crippen molar-refractivity contribution in [2.75, 3.05) is 12.8 Å². The molecule has 0 radical (unpaired) electrons. The zero-order chi connectivity index (χ0) is 14.7. The van der Waals surface area contributed by atoms with Crippen LogP contribution in [0.15, 0.2) is 42.5 Å². The molecule has 104 valence electrons. The summed E-state index contributed by atoms with van der Waals surface area (Å²) in [5.74, 6) is 0.0323. The first-order valence-electron chi connectivity index (χ1n) is 6.64. The Kier molecular flexibility index (Phi) is 4.08. The molecular formula is C17H20N2O. The summed E-state index contributed by atoms with van der Waals surface area (Å²) in [6, 6.07) is 13.4. The summed E-state index contributed by atoms with van der Waals surface area (Å²) in [5, 5.41) is 0. The SMILES string of the molecule is Cc1ccc(C(=O)N(C)Cc2ccc(N)cc2)cc1C. The Balaban J connectivity index is 2.11. The van der Waals surface area contributed by atoms with Gasteiger partial charge in [-0.15, -0.1) is 0 Å². The van der Waals surface area contributed by atoms with Gasteiger partial charge in [-0.05, 0) is 54.8 Å². The van der Waals surface area contributed by atoms with Crippen molar-refractivity contribution in [2.45, 2.75) is 20.4 Å². The number of nitrogens with two attached hydrogens (primary N) is 1. The van der Waals surface area contributed by atoms with Crippen molar-refractivity contribution in [2.24, 2.45) is 0 Å². The molecule has 0 saturated carbocycles. The first kappa shape index (κ1) is 14.1. The molecule has 20 heavy (non-hydrogen) atoms. The first-order valence-corrected chi connectivity index (χ1v) is 6.64. The number of aryl methyl sites for hydroxylation is 2. The van der Waals surface area contributed by atoms with E-state index >= 15 is 0 Å². The van der Waals surface area contributed by atoms with Gasteiger partial charge in [0.25, 0.3) is 5.91 Å². The fourth-order valence-electron chi connectivity index (χ4n) is 2.06. The number of rotatable bonds is 3. The van der Waals surface area contributed by atoms with Crippen LogP contribution in [-0.4, -0.2) is 17.9 Å². The second-order valence-corrected chi connectivity index (χ2v) is 5.20. The molecule has 1 amide bonds. The summed E-state index contributed by atoms with van der Waals surface area (Å²) in [6.07, 6.45) is 0. The Labute approximate surface area is 120 Å². The molecule has 0 atom stereocenters. The average Bonchev–Trinajstić information content (AvgIpc) is 2.43. The molecule has 0 aromatic heterocycles. The van der Waals surface area contributed by atoms with E-state index in [1.54, 1.807) is 4.90 Å². The van der Waals surface area contributed by atoms with E-state index < -0.39 is 0 Å². The van der Waals surface area contributed by atoms with Crippen molar-refractivity contribution in [3.63, 3.8) is 0 Å². The molecule has 3 heteroatoms. The van der Waals surface area contributed by atoms with Crippen molar-refractivity contribution in [1.82, 2.24) is 4.90 Å². The summed E-state index contributed by atoms with van der Waals surface area (Å²) < 4.78 is 0. The molecule has 2 N–H and O–H groups in total. The summed E-state index contributed by atoms with van der Waals surface area (Å²) in [4.78, 5) is 14.1. The smallest absolute Gasteiger partial charge is 0.253 e. The number of nitrogens with zero attached hydrogens (tertiary/aromatic N) is 1. The van der Waals surface area contributed by atoms with E-state index in [-0.39, 0.29) is 5.91 Å². The van der Waals surface area contributed by atoms with Crippen molar-refractivity contribution < 1.29 is 4.79 Å². The molecule has 2 aromatic rings. The van der Waals surface area contributed by atoms with Crippen LogP contribution in [0, 0.1) is 13.8 Å². The minimum absolute atomic E-state index is 0.0323. The lowest BCUT2D eigenvalue weighted by atomic mass is 10.1. The average molecular weight is 268 g/mol. The van der Waals surface area contributed by atoms with Crippen LogP contribution in [0.4, 0.5) is 5.69 Å². The molecule has 0 aliphatic carbocycles. The number of hydrogen-bond acceptors (Lipinski definition) is 2. The third kappa shape index (κ3) is 3.18. The molecular weight excluding hydrogens is 248 g/mol. The van der Waals surface area contributed by atoms with Gasteiger partial charge in [-0.2, -0.15) is 0 Å².